The van der Waals surface area contributed by atoms with Crippen molar-refractivity contribution in [2.45, 2.75) is 23.8 Å². The Hall–Kier alpha value is -1.85. The lowest BCUT2D eigenvalue weighted by Crippen LogP contribution is -2.32. The standard InChI is InChI=1S/C20H22ClNO3S/c1-24-14-9-10-18(25-2)15(12-14)17-7-5-11-22(17)20(23)13-26-19-8-4-3-6-16(19)21/h3-4,6,8-10,12,17H,5,7,11,13H2,1-2H3. The highest BCUT2D eigenvalue weighted by atomic mass is 35.5. The van der Waals surface area contributed by atoms with E-state index >= 15 is 0 Å². The van der Waals surface area contributed by atoms with Crippen molar-refractivity contribution >= 4 is 29.3 Å². The Kier molecular flexibility index (Phi) is 6.33. The van der Waals surface area contributed by atoms with Crippen LogP contribution in [0.1, 0.15) is 24.4 Å². The molecule has 0 aliphatic carbocycles. The SMILES string of the molecule is COc1ccc(OC)c(C2CCCN2C(=O)CSc2ccccc2Cl)c1. The summed E-state index contributed by atoms with van der Waals surface area (Å²) < 4.78 is 10.9. The summed E-state index contributed by atoms with van der Waals surface area (Å²) in [5.41, 5.74) is 1.00. The molecule has 0 bridgehead atoms. The van der Waals surface area contributed by atoms with E-state index in [1.165, 1.54) is 11.8 Å². The first-order chi connectivity index (χ1) is 12.6. The summed E-state index contributed by atoms with van der Waals surface area (Å²) in [6, 6.07) is 13.3. The minimum Gasteiger partial charge on any atom is -0.497 e. The average Bonchev–Trinajstić information content (AvgIpc) is 3.16. The number of nitrogens with zero attached hydrogens (tertiary/aromatic N) is 1. The highest BCUT2D eigenvalue weighted by Crippen LogP contribution is 2.39. The van der Waals surface area contributed by atoms with Crippen LogP contribution in [0.15, 0.2) is 47.4 Å². The first kappa shape index (κ1) is 18.9. The number of halogens is 1. The largest absolute Gasteiger partial charge is 0.497 e. The van der Waals surface area contributed by atoms with E-state index in [-0.39, 0.29) is 11.9 Å². The van der Waals surface area contributed by atoms with Crippen molar-refractivity contribution in [1.82, 2.24) is 4.90 Å². The van der Waals surface area contributed by atoms with Crippen molar-refractivity contribution in [1.29, 1.82) is 0 Å². The highest BCUT2D eigenvalue weighted by Gasteiger charge is 2.32. The number of likely N-dealkylation sites (tertiary alicyclic amines) is 1. The first-order valence-electron chi connectivity index (χ1n) is 8.52. The van der Waals surface area contributed by atoms with E-state index < -0.39 is 0 Å². The summed E-state index contributed by atoms with van der Waals surface area (Å²) in [6.07, 6.45) is 1.90. The van der Waals surface area contributed by atoms with E-state index in [2.05, 4.69) is 0 Å². The van der Waals surface area contributed by atoms with Gasteiger partial charge in [-0.3, -0.25) is 4.79 Å². The Morgan fingerprint density at radius 2 is 2.04 bits per heavy atom. The van der Waals surface area contributed by atoms with Crippen LogP contribution in [0.3, 0.4) is 0 Å². The van der Waals surface area contributed by atoms with Gasteiger partial charge in [-0.05, 0) is 43.2 Å². The van der Waals surface area contributed by atoms with Gasteiger partial charge in [0.05, 0.1) is 31.0 Å². The Morgan fingerprint density at radius 1 is 1.23 bits per heavy atom. The molecule has 2 aromatic carbocycles. The molecule has 0 N–H and O–H groups in total. The molecule has 1 unspecified atom stereocenters. The maximum Gasteiger partial charge on any atom is 0.233 e. The molecule has 0 spiro atoms. The second-order valence-electron chi connectivity index (χ2n) is 6.07. The van der Waals surface area contributed by atoms with Crippen LogP contribution in [0.25, 0.3) is 0 Å². The third-order valence-electron chi connectivity index (χ3n) is 4.56. The quantitative estimate of drug-likeness (QED) is 0.662. The zero-order valence-corrected chi connectivity index (χ0v) is 16.5. The molecule has 2 aromatic rings. The van der Waals surface area contributed by atoms with E-state index in [0.29, 0.717) is 10.8 Å². The first-order valence-corrected chi connectivity index (χ1v) is 9.89. The number of amides is 1. The van der Waals surface area contributed by atoms with Crippen molar-refractivity contribution in [2.75, 3.05) is 26.5 Å². The van der Waals surface area contributed by atoms with Gasteiger partial charge in [0.2, 0.25) is 5.91 Å². The number of carbonyl (C=O) groups is 1. The molecule has 1 atom stereocenters. The smallest absolute Gasteiger partial charge is 0.233 e. The monoisotopic (exact) mass is 391 g/mol. The van der Waals surface area contributed by atoms with Gasteiger partial charge >= 0.3 is 0 Å². The van der Waals surface area contributed by atoms with Crippen LogP contribution in [0.4, 0.5) is 0 Å². The van der Waals surface area contributed by atoms with Crippen LogP contribution in [-0.4, -0.2) is 37.3 Å². The van der Waals surface area contributed by atoms with Crippen LogP contribution in [0, 0.1) is 0 Å². The van der Waals surface area contributed by atoms with Crippen LogP contribution in [0.2, 0.25) is 5.02 Å². The molecule has 1 amide bonds. The number of rotatable bonds is 6. The number of ether oxygens (including phenoxy) is 2. The van der Waals surface area contributed by atoms with Crippen LogP contribution < -0.4 is 9.47 Å². The van der Waals surface area contributed by atoms with E-state index in [0.717, 1.165) is 41.3 Å². The lowest BCUT2D eigenvalue weighted by atomic mass is 10.0. The maximum atomic E-state index is 12.9. The summed E-state index contributed by atoms with van der Waals surface area (Å²) in [6.45, 7) is 0.757. The minimum atomic E-state index is 0.0133. The van der Waals surface area contributed by atoms with E-state index in [4.69, 9.17) is 21.1 Å². The molecule has 1 aliphatic heterocycles. The fraction of sp³-hybridized carbons (Fsp3) is 0.350. The normalized spacial score (nSPS) is 16.6. The van der Waals surface area contributed by atoms with E-state index in [9.17, 15) is 4.79 Å². The lowest BCUT2D eigenvalue weighted by molar-refractivity contribution is -0.129. The topological polar surface area (TPSA) is 38.8 Å². The number of hydrogen-bond acceptors (Lipinski definition) is 4. The molecule has 1 fully saturated rings. The van der Waals surface area contributed by atoms with Crippen LogP contribution in [-0.2, 0) is 4.79 Å². The molecule has 0 aromatic heterocycles. The Balaban J connectivity index is 1.75. The van der Waals surface area contributed by atoms with Gasteiger partial charge in [0.15, 0.2) is 0 Å². The molecule has 0 saturated carbocycles. The maximum absolute atomic E-state index is 12.9. The summed E-state index contributed by atoms with van der Waals surface area (Å²) in [7, 11) is 3.29. The Labute approximate surface area is 163 Å². The van der Waals surface area contributed by atoms with Crippen molar-refractivity contribution in [3.63, 3.8) is 0 Å². The summed E-state index contributed by atoms with van der Waals surface area (Å²) >= 11 is 7.67. The second kappa shape index (κ2) is 8.69. The molecule has 1 heterocycles. The molecule has 138 valence electrons. The van der Waals surface area contributed by atoms with Crippen molar-refractivity contribution in [3.05, 3.63) is 53.1 Å². The molecule has 6 heteroatoms. The molecule has 3 rings (SSSR count). The van der Waals surface area contributed by atoms with Gasteiger partial charge in [0.1, 0.15) is 11.5 Å². The van der Waals surface area contributed by atoms with Gasteiger partial charge in [0.25, 0.3) is 0 Å². The van der Waals surface area contributed by atoms with Crippen LogP contribution in [0.5, 0.6) is 11.5 Å². The van der Waals surface area contributed by atoms with Crippen molar-refractivity contribution in [3.8, 4) is 11.5 Å². The van der Waals surface area contributed by atoms with Gasteiger partial charge in [-0.15, -0.1) is 11.8 Å². The van der Waals surface area contributed by atoms with E-state index in [1.54, 1.807) is 14.2 Å². The fourth-order valence-corrected chi connectivity index (χ4v) is 4.40. The van der Waals surface area contributed by atoms with Crippen molar-refractivity contribution < 1.29 is 14.3 Å². The van der Waals surface area contributed by atoms with Gasteiger partial charge in [-0.2, -0.15) is 0 Å². The van der Waals surface area contributed by atoms with Gasteiger partial charge in [0, 0.05) is 17.0 Å². The van der Waals surface area contributed by atoms with Crippen molar-refractivity contribution in [2.24, 2.45) is 0 Å². The number of hydrogen-bond donors (Lipinski definition) is 0. The Bertz CT molecular complexity index is 783. The molecular formula is C20H22ClNO3S. The number of benzene rings is 2. The summed E-state index contributed by atoms with van der Waals surface area (Å²) in [4.78, 5) is 15.7. The van der Waals surface area contributed by atoms with Gasteiger partial charge < -0.3 is 14.4 Å². The summed E-state index contributed by atoms with van der Waals surface area (Å²) in [5.74, 6) is 2.04. The molecule has 0 radical (unpaired) electrons. The molecular weight excluding hydrogens is 370 g/mol. The van der Waals surface area contributed by atoms with Gasteiger partial charge in [-0.25, -0.2) is 0 Å². The third-order valence-corrected chi connectivity index (χ3v) is 6.06. The summed E-state index contributed by atoms with van der Waals surface area (Å²) in [5, 5.41) is 0.678. The molecule has 1 saturated heterocycles. The predicted octanol–water partition coefficient (Wildman–Crippen LogP) is 4.81. The Morgan fingerprint density at radius 3 is 2.77 bits per heavy atom. The van der Waals surface area contributed by atoms with Crippen LogP contribution >= 0.6 is 23.4 Å². The number of carbonyl (C=O) groups excluding carboxylic acids is 1. The predicted molar refractivity (Wildman–Crippen MR) is 105 cm³/mol. The highest BCUT2D eigenvalue weighted by molar-refractivity contribution is 8.00. The fourth-order valence-electron chi connectivity index (χ4n) is 3.27. The minimum absolute atomic E-state index is 0.0133. The molecule has 26 heavy (non-hydrogen) atoms. The van der Waals surface area contributed by atoms with Gasteiger partial charge in [-0.1, -0.05) is 23.7 Å². The molecule has 1 aliphatic rings. The number of methoxy groups -OCH3 is 2. The zero-order chi connectivity index (χ0) is 18.5. The lowest BCUT2D eigenvalue weighted by Gasteiger charge is -2.26. The average molecular weight is 392 g/mol. The number of thioether (sulfide) groups is 1. The van der Waals surface area contributed by atoms with E-state index in [1.807, 2.05) is 47.4 Å². The zero-order valence-electron chi connectivity index (χ0n) is 14.9. The molecule has 4 nitrogen and oxygen atoms in total. The second-order valence-corrected chi connectivity index (χ2v) is 7.50. The third kappa shape index (κ3) is 4.10.